The molecule has 14 heavy (non-hydrogen) atoms. The van der Waals surface area contributed by atoms with Crippen LogP contribution >= 0.6 is 23.2 Å². The topological polar surface area (TPSA) is 66.8 Å². The summed E-state index contributed by atoms with van der Waals surface area (Å²) < 4.78 is 4.80. The molecule has 0 bridgehead atoms. The maximum absolute atomic E-state index is 10.7. The first-order valence-electron chi connectivity index (χ1n) is 3.68. The number of hydrogen-bond donors (Lipinski definition) is 2. The summed E-state index contributed by atoms with van der Waals surface area (Å²) in [5.74, 6) is -1.22. The molecule has 0 radical (unpaired) electrons. The third kappa shape index (κ3) is 2.20. The van der Waals surface area contributed by atoms with E-state index in [1.807, 2.05) is 0 Å². The molecule has 0 aromatic carbocycles. The molecule has 0 spiro atoms. The van der Waals surface area contributed by atoms with Gasteiger partial charge in [0.05, 0.1) is 12.1 Å². The standard InChI is InChI=1S/C8H8Cl2O4/c1-14-6-4(7(11)12)2-8(10,13)3-5(6)9/h2,13H,3H2,1H3,(H,11,12). The number of ether oxygens (including phenoxy) is 1. The molecule has 0 fully saturated rings. The second kappa shape index (κ2) is 3.81. The van der Waals surface area contributed by atoms with E-state index in [1.165, 1.54) is 7.11 Å². The number of rotatable bonds is 2. The lowest BCUT2D eigenvalue weighted by Gasteiger charge is -2.23. The Morgan fingerprint density at radius 2 is 2.29 bits per heavy atom. The van der Waals surface area contributed by atoms with Gasteiger partial charge >= 0.3 is 5.97 Å². The van der Waals surface area contributed by atoms with E-state index >= 15 is 0 Å². The molecule has 1 atom stereocenters. The van der Waals surface area contributed by atoms with Gasteiger partial charge in [0, 0.05) is 6.42 Å². The Balaban J connectivity index is 3.19. The third-order valence-corrected chi connectivity index (χ3v) is 2.24. The molecule has 0 saturated heterocycles. The van der Waals surface area contributed by atoms with E-state index in [9.17, 15) is 9.90 Å². The lowest BCUT2D eigenvalue weighted by Crippen LogP contribution is -2.25. The maximum atomic E-state index is 10.7. The number of aliphatic carboxylic acids is 1. The number of alkyl halides is 1. The number of carboxylic acids is 1. The van der Waals surface area contributed by atoms with Crippen LogP contribution in [0.15, 0.2) is 22.4 Å². The second-order valence-electron chi connectivity index (χ2n) is 2.80. The molecule has 2 N–H and O–H groups in total. The van der Waals surface area contributed by atoms with E-state index in [0.29, 0.717) is 0 Å². The highest BCUT2D eigenvalue weighted by Crippen LogP contribution is 2.36. The largest absolute Gasteiger partial charge is 0.495 e. The molecule has 1 rings (SSSR count). The molecule has 1 unspecified atom stereocenters. The lowest BCUT2D eigenvalue weighted by molar-refractivity contribution is -0.132. The van der Waals surface area contributed by atoms with E-state index in [1.54, 1.807) is 0 Å². The van der Waals surface area contributed by atoms with Crippen molar-refractivity contribution in [2.45, 2.75) is 11.5 Å². The summed E-state index contributed by atoms with van der Waals surface area (Å²) in [6.07, 6.45) is 0.928. The smallest absolute Gasteiger partial charge is 0.339 e. The summed E-state index contributed by atoms with van der Waals surface area (Å²) in [6, 6.07) is 0. The van der Waals surface area contributed by atoms with Gasteiger partial charge in [0.15, 0.2) is 5.06 Å². The van der Waals surface area contributed by atoms with Crippen LogP contribution in [0.1, 0.15) is 6.42 Å². The Morgan fingerprint density at radius 1 is 1.71 bits per heavy atom. The SMILES string of the molecule is COC1=C(Cl)CC(O)(Cl)C=C1C(=O)O. The van der Waals surface area contributed by atoms with Crippen molar-refractivity contribution < 1.29 is 19.7 Å². The zero-order valence-electron chi connectivity index (χ0n) is 7.25. The molecule has 0 aromatic heterocycles. The number of halogens is 2. The zero-order valence-corrected chi connectivity index (χ0v) is 8.76. The minimum atomic E-state index is -1.76. The summed E-state index contributed by atoms with van der Waals surface area (Å²) in [5, 5.41) is 16.5. The van der Waals surface area contributed by atoms with E-state index in [2.05, 4.69) is 0 Å². The minimum Gasteiger partial charge on any atom is -0.495 e. The second-order valence-corrected chi connectivity index (χ2v) is 3.91. The van der Waals surface area contributed by atoms with E-state index < -0.39 is 11.0 Å². The Morgan fingerprint density at radius 3 is 2.71 bits per heavy atom. The van der Waals surface area contributed by atoms with Crippen molar-refractivity contribution in [1.82, 2.24) is 0 Å². The number of methoxy groups -OCH3 is 1. The van der Waals surface area contributed by atoms with Gasteiger partial charge in [-0.1, -0.05) is 23.2 Å². The van der Waals surface area contributed by atoms with Crippen LogP contribution in [0.3, 0.4) is 0 Å². The molecule has 6 heteroatoms. The summed E-state index contributed by atoms with van der Waals surface area (Å²) in [7, 11) is 1.30. The predicted molar refractivity (Wildman–Crippen MR) is 51.0 cm³/mol. The summed E-state index contributed by atoms with van der Waals surface area (Å²) in [5.41, 5.74) is -0.235. The van der Waals surface area contributed by atoms with Crippen LogP contribution < -0.4 is 0 Å². The molecule has 1 aliphatic carbocycles. The predicted octanol–water partition coefficient (Wildman–Crippen LogP) is 1.43. The van der Waals surface area contributed by atoms with Gasteiger partial charge in [-0.25, -0.2) is 4.79 Å². The number of carboxylic acid groups (broad SMARTS) is 1. The first-order valence-corrected chi connectivity index (χ1v) is 4.43. The van der Waals surface area contributed by atoms with Crippen molar-refractivity contribution in [3.8, 4) is 0 Å². The lowest BCUT2D eigenvalue weighted by atomic mass is 10.0. The monoisotopic (exact) mass is 238 g/mol. The Labute approximate surface area is 90.4 Å². The van der Waals surface area contributed by atoms with E-state index in [0.717, 1.165) is 6.08 Å². The molecule has 0 aliphatic heterocycles. The van der Waals surface area contributed by atoms with Crippen molar-refractivity contribution in [2.75, 3.05) is 7.11 Å². The Hall–Kier alpha value is -0.710. The molecule has 0 saturated carbocycles. The molecule has 0 amide bonds. The molecule has 0 heterocycles. The van der Waals surface area contributed by atoms with Crippen LogP contribution in [0.4, 0.5) is 0 Å². The van der Waals surface area contributed by atoms with Crippen LogP contribution in [0.2, 0.25) is 0 Å². The highest BCUT2D eigenvalue weighted by atomic mass is 35.5. The summed E-state index contributed by atoms with van der Waals surface area (Å²) in [6.45, 7) is 0. The fourth-order valence-corrected chi connectivity index (χ4v) is 1.86. The van der Waals surface area contributed by atoms with Crippen molar-refractivity contribution in [3.05, 3.63) is 22.4 Å². The van der Waals surface area contributed by atoms with Gasteiger partial charge in [0.25, 0.3) is 0 Å². The average Bonchev–Trinajstić information content (AvgIpc) is 2.01. The average molecular weight is 239 g/mol. The number of carbonyl (C=O) groups is 1. The van der Waals surface area contributed by atoms with E-state index in [-0.39, 0.29) is 22.8 Å². The Kier molecular flexibility index (Phi) is 3.09. The van der Waals surface area contributed by atoms with Crippen molar-refractivity contribution in [2.24, 2.45) is 0 Å². The van der Waals surface area contributed by atoms with Crippen LogP contribution in [-0.4, -0.2) is 28.4 Å². The summed E-state index contributed by atoms with van der Waals surface area (Å²) >= 11 is 11.3. The van der Waals surface area contributed by atoms with Gasteiger partial charge < -0.3 is 14.9 Å². The van der Waals surface area contributed by atoms with Gasteiger partial charge in [-0.2, -0.15) is 0 Å². The summed E-state index contributed by atoms with van der Waals surface area (Å²) in [4.78, 5) is 10.7. The quantitative estimate of drug-likeness (QED) is 0.715. The van der Waals surface area contributed by atoms with Crippen molar-refractivity contribution in [3.63, 3.8) is 0 Å². The van der Waals surface area contributed by atoms with Gasteiger partial charge in [-0.15, -0.1) is 0 Å². The van der Waals surface area contributed by atoms with Gasteiger partial charge in [-0.3, -0.25) is 0 Å². The third-order valence-electron chi connectivity index (χ3n) is 1.69. The normalized spacial score (nSPS) is 27.3. The minimum absolute atomic E-state index is 0.0319. The van der Waals surface area contributed by atoms with Crippen LogP contribution in [-0.2, 0) is 9.53 Å². The van der Waals surface area contributed by atoms with Gasteiger partial charge in [0.1, 0.15) is 11.3 Å². The van der Waals surface area contributed by atoms with Crippen molar-refractivity contribution >= 4 is 29.2 Å². The molecular formula is C8H8Cl2O4. The maximum Gasteiger partial charge on any atom is 0.339 e. The fraction of sp³-hybridized carbons (Fsp3) is 0.375. The Bertz CT molecular complexity index is 330. The van der Waals surface area contributed by atoms with Gasteiger partial charge in [-0.05, 0) is 6.08 Å². The highest BCUT2D eigenvalue weighted by Gasteiger charge is 2.33. The molecule has 78 valence electrons. The first kappa shape index (κ1) is 11.4. The van der Waals surface area contributed by atoms with Gasteiger partial charge in [0.2, 0.25) is 0 Å². The van der Waals surface area contributed by atoms with Crippen LogP contribution in [0.25, 0.3) is 0 Å². The highest BCUT2D eigenvalue weighted by molar-refractivity contribution is 6.33. The first-order chi connectivity index (χ1) is 6.37. The molecule has 4 nitrogen and oxygen atoms in total. The van der Waals surface area contributed by atoms with Crippen molar-refractivity contribution in [1.29, 1.82) is 0 Å². The fourth-order valence-electron chi connectivity index (χ4n) is 1.16. The van der Waals surface area contributed by atoms with Crippen LogP contribution in [0, 0.1) is 0 Å². The molecule has 1 aliphatic rings. The zero-order chi connectivity index (χ0) is 10.9. The van der Waals surface area contributed by atoms with Crippen LogP contribution in [0.5, 0.6) is 0 Å². The van der Waals surface area contributed by atoms with E-state index in [4.69, 9.17) is 33.0 Å². The molecular weight excluding hydrogens is 231 g/mol. The molecule has 0 aromatic rings. The number of hydrogen-bond acceptors (Lipinski definition) is 3. The number of aliphatic hydroxyl groups is 1.